The van der Waals surface area contributed by atoms with E-state index in [0.717, 1.165) is 12.1 Å². The molecule has 0 aliphatic heterocycles. The van der Waals surface area contributed by atoms with E-state index in [2.05, 4.69) is 10.3 Å². The molecule has 7 heteroatoms. The van der Waals surface area contributed by atoms with Gasteiger partial charge in [-0.25, -0.2) is 4.98 Å². The third-order valence-electron chi connectivity index (χ3n) is 2.37. The molecule has 0 bridgehead atoms. The van der Waals surface area contributed by atoms with Crippen LogP contribution in [0, 0.1) is 0 Å². The predicted molar refractivity (Wildman–Crippen MR) is 68.6 cm³/mol. The van der Waals surface area contributed by atoms with E-state index in [1.54, 1.807) is 12.1 Å². The zero-order valence-corrected chi connectivity index (χ0v) is 10.7. The van der Waals surface area contributed by atoms with Crippen molar-refractivity contribution < 1.29 is 18.0 Å². The number of anilines is 1. The molecule has 0 aliphatic rings. The Morgan fingerprint density at radius 1 is 1.10 bits per heavy atom. The van der Waals surface area contributed by atoms with E-state index in [-0.39, 0.29) is 5.69 Å². The van der Waals surface area contributed by atoms with Crippen molar-refractivity contribution in [2.45, 2.75) is 6.18 Å². The van der Waals surface area contributed by atoms with Crippen molar-refractivity contribution in [1.82, 2.24) is 4.98 Å². The highest BCUT2D eigenvalue weighted by Crippen LogP contribution is 2.27. The lowest BCUT2D eigenvalue weighted by Gasteiger charge is -2.08. The molecule has 0 spiro atoms. The minimum Gasteiger partial charge on any atom is -0.321 e. The molecular formula is C13H8ClF3N2O. The van der Waals surface area contributed by atoms with Gasteiger partial charge in [-0.15, -0.1) is 0 Å². The van der Waals surface area contributed by atoms with E-state index in [1.165, 1.54) is 18.2 Å². The van der Waals surface area contributed by atoms with Crippen LogP contribution in [0.3, 0.4) is 0 Å². The number of aromatic nitrogens is 1. The summed E-state index contributed by atoms with van der Waals surface area (Å²) in [4.78, 5) is 15.1. The summed E-state index contributed by atoms with van der Waals surface area (Å²) >= 11 is 5.69. The molecule has 0 saturated carbocycles. The van der Waals surface area contributed by atoms with Crippen molar-refractivity contribution in [3.63, 3.8) is 0 Å². The van der Waals surface area contributed by atoms with Crippen LogP contribution in [0.15, 0.2) is 42.5 Å². The van der Waals surface area contributed by atoms with Gasteiger partial charge in [-0.2, -0.15) is 13.2 Å². The Balaban J connectivity index is 2.19. The third kappa shape index (κ3) is 3.48. The molecule has 1 N–H and O–H groups in total. The van der Waals surface area contributed by atoms with Gasteiger partial charge in [0.1, 0.15) is 11.4 Å². The quantitative estimate of drug-likeness (QED) is 0.910. The van der Waals surface area contributed by atoms with Crippen molar-refractivity contribution in [3.05, 3.63) is 58.9 Å². The lowest BCUT2D eigenvalue weighted by molar-refractivity contribution is -0.141. The minimum absolute atomic E-state index is 0.310. The maximum absolute atomic E-state index is 12.5. The van der Waals surface area contributed by atoms with Gasteiger partial charge in [-0.05, 0) is 36.4 Å². The first-order valence-electron chi connectivity index (χ1n) is 5.47. The Morgan fingerprint density at radius 3 is 2.35 bits per heavy atom. The van der Waals surface area contributed by atoms with Crippen molar-refractivity contribution in [3.8, 4) is 0 Å². The number of rotatable bonds is 2. The van der Waals surface area contributed by atoms with Crippen LogP contribution in [0.25, 0.3) is 0 Å². The first kappa shape index (κ1) is 14.3. The second kappa shape index (κ2) is 5.50. The van der Waals surface area contributed by atoms with E-state index in [4.69, 9.17) is 11.6 Å². The molecule has 2 aromatic rings. The van der Waals surface area contributed by atoms with Gasteiger partial charge in [0.2, 0.25) is 0 Å². The molecule has 0 radical (unpaired) electrons. The van der Waals surface area contributed by atoms with Gasteiger partial charge in [0.25, 0.3) is 5.91 Å². The lowest BCUT2D eigenvalue weighted by atomic mass is 10.2. The summed E-state index contributed by atoms with van der Waals surface area (Å²) in [5, 5.41) is 2.92. The number of benzene rings is 1. The van der Waals surface area contributed by atoms with E-state index in [9.17, 15) is 18.0 Å². The second-order valence-corrected chi connectivity index (χ2v) is 4.30. The van der Waals surface area contributed by atoms with E-state index in [1.807, 2.05) is 0 Å². The van der Waals surface area contributed by atoms with Crippen LogP contribution in [-0.2, 0) is 6.18 Å². The van der Waals surface area contributed by atoms with Crippen LogP contribution in [0.2, 0.25) is 5.02 Å². The molecule has 0 atom stereocenters. The summed E-state index contributed by atoms with van der Waals surface area (Å²) in [6.45, 7) is 0. The van der Waals surface area contributed by atoms with Crippen LogP contribution in [-0.4, -0.2) is 10.9 Å². The van der Waals surface area contributed by atoms with Gasteiger partial charge in [0, 0.05) is 10.7 Å². The predicted octanol–water partition coefficient (Wildman–Crippen LogP) is 4.01. The third-order valence-corrected chi connectivity index (χ3v) is 2.63. The van der Waals surface area contributed by atoms with Crippen molar-refractivity contribution in [1.29, 1.82) is 0 Å². The van der Waals surface area contributed by atoms with Crippen molar-refractivity contribution in [2.24, 2.45) is 0 Å². The Bertz CT molecular complexity index is 626. The monoisotopic (exact) mass is 300 g/mol. The SMILES string of the molecule is O=C(Nc1ccc(Cl)cc1)c1cccc(C(F)(F)F)n1. The number of pyridine rings is 1. The number of hydrogen-bond acceptors (Lipinski definition) is 2. The van der Waals surface area contributed by atoms with Gasteiger partial charge in [-0.3, -0.25) is 4.79 Å². The highest BCUT2D eigenvalue weighted by molar-refractivity contribution is 6.30. The number of carbonyl (C=O) groups is 1. The molecule has 0 aliphatic carbocycles. The highest BCUT2D eigenvalue weighted by Gasteiger charge is 2.32. The number of amides is 1. The summed E-state index contributed by atoms with van der Waals surface area (Å²) < 4.78 is 37.5. The van der Waals surface area contributed by atoms with Crippen molar-refractivity contribution in [2.75, 3.05) is 5.32 Å². The van der Waals surface area contributed by atoms with E-state index < -0.39 is 17.8 Å². The molecule has 0 unspecified atom stereocenters. The summed E-state index contributed by atoms with van der Waals surface area (Å²) in [5.41, 5.74) is -1.00. The number of nitrogens with one attached hydrogen (secondary N) is 1. The van der Waals surface area contributed by atoms with Crippen LogP contribution in [0.1, 0.15) is 16.2 Å². The summed E-state index contributed by atoms with van der Waals surface area (Å²) in [6, 6.07) is 9.32. The normalized spacial score (nSPS) is 11.2. The fourth-order valence-corrected chi connectivity index (χ4v) is 1.57. The average molecular weight is 301 g/mol. The lowest BCUT2D eigenvalue weighted by Crippen LogP contribution is -2.16. The molecule has 1 heterocycles. The largest absolute Gasteiger partial charge is 0.433 e. The smallest absolute Gasteiger partial charge is 0.321 e. The molecule has 3 nitrogen and oxygen atoms in total. The van der Waals surface area contributed by atoms with Crippen LogP contribution < -0.4 is 5.32 Å². The van der Waals surface area contributed by atoms with Gasteiger partial charge in [-0.1, -0.05) is 17.7 Å². The van der Waals surface area contributed by atoms with Gasteiger partial charge >= 0.3 is 6.18 Å². The summed E-state index contributed by atoms with van der Waals surface area (Å²) in [5.74, 6) is -0.724. The molecule has 0 saturated heterocycles. The number of halogens is 4. The standard InChI is InChI=1S/C13H8ClF3N2O/c14-8-4-6-9(7-5-8)18-12(20)10-2-1-3-11(19-10)13(15,16)17/h1-7H,(H,18,20). The molecular weight excluding hydrogens is 293 g/mol. The molecule has 2 rings (SSSR count). The number of nitrogens with zero attached hydrogens (tertiary/aromatic N) is 1. The van der Waals surface area contributed by atoms with Crippen molar-refractivity contribution >= 4 is 23.2 Å². The Morgan fingerprint density at radius 2 is 1.75 bits per heavy atom. The molecule has 1 amide bonds. The molecule has 1 aromatic carbocycles. The zero-order chi connectivity index (χ0) is 14.8. The zero-order valence-electron chi connectivity index (χ0n) is 9.91. The number of hydrogen-bond donors (Lipinski definition) is 1. The first-order valence-corrected chi connectivity index (χ1v) is 5.85. The maximum atomic E-state index is 12.5. The summed E-state index contributed by atoms with van der Waals surface area (Å²) in [6.07, 6.45) is -4.59. The van der Waals surface area contributed by atoms with E-state index >= 15 is 0 Å². The first-order chi connectivity index (χ1) is 9.36. The maximum Gasteiger partial charge on any atom is 0.433 e. The molecule has 0 fully saturated rings. The second-order valence-electron chi connectivity index (χ2n) is 3.87. The van der Waals surface area contributed by atoms with Crippen LogP contribution in [0.5, 0.6) is 0 Å². The average Bonchev–Trinajstić information content (AvgIpc) is 2.40. The molecule has 20 heavy (non-hydrogen) atoms. The molecule has 104 valence electrons. The van der Waals surface area contributed by atoms with E-state index in [0.29, 0.717) is 10.7 Å². The van der Waals surface area contributed by atoms with Crippen LogP contribution in [0.4, 0.5) is 18.9 Å². The Hall–Kier alpha value is -2.08. The number of alkyl halides is 3. The fourth-order valence-electron chi connectivity index (χ4n) is 1.45. The minimum atomic E-state index is -4.59. The van der Waals surface area contributed by atoms with Gasteiger partial charge < -0.3 is 5.32 Å². The van der Waals surface area contributed by atoms with Gasteiger partial charge in [0.05, 0.1) is 0 Å². The fraction of sp³-hybridized carbons (Fsp3) is 0.0769. The van der Waals surface area contributed by atoms with Crippen LogP contribution >= 0.6 is 11.6 Å². The highest BCUT2D eigenvalue weighted by atomic mass is 35.5. The Labute approximate surface area is 117 Å². The molecule has 1 aromatic heterocycles. The summed E-state index contributed by atoms with van der Waals surface area (Å²) in [7, 11) is 0. The topological polar surface area (TPSA) is 42.0 Å². The Kier molecular flexibility index (Phi) is 3.94. The number of carbonyl (C=O) groups excluding carboxylic acids is 1. The van der Waals surface area contributed by atoms with Gasteiger partial charge in [0.15, 0.2) is 0 Å².